The van der Waals surface area contributed by atoms with Gasteiger partial charge in [-0.1, -0.05) is 43.6 Å². The molecular weight excluding hydrogens is 308 g/mol. The minimum atomic E-state index is -0.589. The molecule has 0 radical (unpaired) electrons. The van der Waals surface area contributed by atoms with Crippen molar-refractivity contribution in [1.82, 2.24) is 4.90 Å². The molecule has 2 rings (SSSR count). The van der Waals surface area contributed by atoms with Crippen molar-refractivity contribution in [2.75, 3.05) is 5.75 Å². The van der Waals surface area contributed by atoms with Gasteiger partial charge in [0.1, 0.15) is 11.4 Å². The van der Waals surface area contributed by atoms with Crippen LogP contribution >= 0.6 is 23.4 Å². The first-order valence-electron chi connectivity index (χ1n) is 6.88. The van der Waals surface area contributed by atoms with Crippen molar-refractivity contribution < 1.29 is 9.59 Å². The molecule has 0 spiro atoms. The van der Waals surface area contributed by atoms with Crippen molar-refractivity contribution >= 4 is 35.2 Å². The maximum Gasteiger partial charge on any atom is 0.240 e. The van der Waals surface area contributed by atoms with E-state index in [4.69, 9.17) is 17.3 Å². The van der Waals surface area contributed by atoms with E-state index in [1.165, 1.54) is 11.8 Å². The van der Waals surface area contributed by atoms with Crippen LogP contribution in [0.25, 0.3) is 0 Å². The number of thioether (sulfide) groups is 1. The van der Waals surface area contributed by atoms with Crippen molar-refractivity contribution in [3.8, 4) is 0 Å². The number of carbonyl (C=O) groups excluding carboxylic acids is 2. The first kappa shape index (κ1) is 16.2. The second-order valence-corrected chi connectivity index (χ2v) is 7.01. The van der Waals surface area contributed by atoms with Crippen molar-refractivity contribution in [3.63, 3.8) is 0 Å². The van der Waals surface area contributed by atoms with Gasteiger partial charge < -0.3 is 10.6 Å². The minimum Gasteiger partial charge on any atom is -0.368 e. The average molecular weight is 327 g/mol. The standard InChI is InChI=1S/C15H19ClN2O2S/c1-9(2)7-12(14(17)20)18-13(19)8-21-15(18)10-5-3-4-6-11(10)16/h3-6,9,12,15H,7-8H2,1-2H3,(H2,17,20). The van der Waals surface area contributed by atoms with Crippen LogP contribution in [0.2, 0.25) is 5.02 Å². The smallest absolute Gasteiger partial charge is 0.240 e. The number of amides is 2. The molecule has 114 valence electrons. The lowest BCUT2D eigenvalue weighted by atomic mass is 10.0. The molecule has 2 unspecified atom stereocenters. The highest BCUT2D eigenvalue weighted by Crippen LogP contribution is 2.43. The van der Waals surface area contributed by atoms with E-state index < -0.39 is 11.9 Å². The number of hydrogen-bond donors (Lipinski definition) is 1. The van der Waals surface area contributed by atoms with Crippen LogP contribution in [0, 0.1) is 5.92 Å². The first-order chi connectivity index (χ1) is 9.91. The second-order valence-electron chi connectivity index (χ2n) is 5.53. The highest BCUT2D eigenvalue weighted by molar-refractivity contribution is 8.00. The lowest BCUT2D eigenvalue weighted by Gasteiger charge is -2.32. The number of hydrogen-bond acceptors (Lipinski definition) is 3. The van der Waals surface area contributed by atoms with Gasteiger partial charge in [0.15, 0.2) is 0 Å². The van der Waals surface area contributed by atoms with E-state index >= 15 is 0 Å². The van der Waals surface area contributed by atoms with Crippen LogP contribution < -0.4 is 5.73 Å². The quantitative estimate of drug-likeness (QED) is 0.905. The molecule has 2 amide bonds. The van der Waals surface area contributed by atoms with Gasteiger partial charge in [0, 0.05) is 10.6 Å². The average Bonchev–Trinajstić information content (AvgIpc) is 2.78. The first-order valence-corrected chi connectivity index (χ1v) is 8.31. The highest BCUT2D eigenvalue weighted by atomic mass is 35.5. The monoisotopic (exact) mass is 326 g/mol. The third-order valence-corrected chi connectivity index (χ3v) is 4.99. The fraction of sp³-hybridized carbons (Fsp3) is 0.467. The van der Waals surface area contributed by atoms with Gasteiger partial charge in [0.25, 0.3) is 0 Å². The number of benzene rings is 1. The molecule has 0 aliphatic carbocycles. The molecule has 0 aromatic heterocycles. The number of carbonyl (C=O) groups is 2. The molecule has 1 aliphatic heterocycles. The molecule has 21 heavy (non-hydrogen) atoms. The maximum atomic E-state index is 12.3. The van der Waals surface area contributed by atoms with E-state index in [1.807, 2.05) is 32.0 Å². The number of nitrogens with zero attached hydrogens (tertiary/aromatic N) is 1. The molecule has 1 aliphatic rings. The molecule has 1 fully saturated rings. The van der Waals surface area contributed by atoms with E-state index in [0.717, 1.165) is 5.56 Å². The topological polar surface area (TPSA) is 63.4 Å². The highest BCUT2D eigenvalue weighted by Gasteiger charge is 2.40. The van der Waals surface area contributed by atoms with Gasteiger partial charge in [0.2, 0.25) is 11.8 Å². The fourth-order valence-corrected chi connectivity index (χ4v) is 4.06. The maximum absolute atomic E-state index is 12.3. The molecule has 1 aromatic rings. The number of primary amides is 1. The largest absolute Gasteiger partial charge is 0.368 e. The van der Waals surface area contributed by atoms with Crippen molar-refractivity contribution in [1.29, 1.82) is 0 Å². The van der Waals surface area contributed by atoms with E-state index in [0.29, 0.717) is 17.2 Å². The van der Waals surface area contributed by atoms with Gasteiger partial charge in [-0.25, -0.2) is 0 Å². The summed E-state index contributed by atoms with van der Waals surface area (Å²) in [5.74, 6) is 0.0939. The van der Waals surface area contributed by atoms with E-state index in [2.05, 4.69) is 0 Å². The zero-order valence-corrected chi connectivity index (χ0v) is 13.7. The Labute approximate surface area is 134 Å². The van der Waals surface area contributed by atoms with Crippen LogP contribution in [0.4, 0.5) is 0 Å². The number of halogens is 1. The molecule has 2 N–H and O–H groups in total. The normalized spacial score (nSPS) is 20.1. The minimum absolute atomic E-state index is 0.0608. The van der Waals surface area contributed by atoms with Gasteiger partial charge in [-0.05, 0) is 18.4 Å². The van der Waals surface area contributed by atoms with Gasteiger partial charge in [-0.2, -0.15) is 0 Å². The summed E-state index contributed by atoms with van der Waals surface area (Å²) in [5.41, 5.74) is 6.38. The van der Waals surface area contributed by atoms with Gasteiger partial charge in [0.05, 0.1) is 5.75 Å². The van der Waals surface area contributed by atoms with Crippen molar-refractivity contribution in [2.45, 2.75) is 31.7 Å². The van der Waals surface area contributed by atoms with Crippen molar-refractivity contribution in [2.24, 2.45) is 11.7 Å². The number of rotatable bonds is 5. The Bertz CT molecular complexity index is 550. The van der Waals surface area contributed by atoms with E-state index in [1.54, 1.807) is 11.0 Å². The molecule has 1 heterocycles. The summed E-state index contributed by atoms with van der Waals surface area (Å²) >= 11 is 7.72. The number of nitrogens with two attached hydrogens (primary N) is 1. The summed E-state index contributed by atoms with van der Waals surface area (Å²) in [6, 6.07) is 6.81. The molecular formula is C15H19ClN2O2S. The zero-order chi connectivity index (χ0) is 15.6. The Balaban J connectivity index is 2.36. The lowest BCUT2D eigenvalue weighted by Crippen LogP contribution is -2.47. The van der Waals surface area contributed by atoms with Gasteiger partial charge >= 0.3 is 0 Å². The third-order valence-electron chi connectivity index (χ3n) is 3.44. The molecule has 0 saturated carbocycles. The summed E-state index contributed by atoms with van der Waals surface area (Å²) in [6.45, 7) is 4.02. The molecule has 1 aromatic carbocycles. The third kappa shape index (κ3) is 3.52. The van der Waals surface area contributed by atoms with Gasteiger partial charge in [-0.3, -0.25) is 9.59 Å². The van der Waals surface area contributed by atoms with Crippen LogP contribution in [-0.4, -0.2) is 28.5 Å². The summed E-state index contributed by atoms with van der Waals surface area (Å²) in [4.78, 5) is 25.7. The van der Waals surface area contributed by atoms with Crippen LogP contribution in [-0.2, 0) is 9.59 Å². The Hall–Kier alpha value is -1.20. The van der Waals surface area contributed by atoms with E-state index in [9.17, 15) is 9.59 Å². The Kier molecular flexibility index (Phi) is 5.17. The Morgan fingerprint density at radius 3 is 2.71 bits per heavy atom. The Morgan fingerprint density at radius 2 is 2.14 bits per heavy atom. The van der Waals surface area contributed by atoms with Crippen LogP contribution in [0.3, 0.4) is 0 Å². The molecule has 2 atom stereocenters. The summed E-state index contributed by atoms with van der Waals surface area (Å²) in [6.07, 6.45) is 0.558. The summed E-state index contributed by atoms with van der Waals surface area (Å²) in [5, 5.41) is 0.352. The van der Waals surface area contributed by atoms with Crippen LogP contribution in [0.15, 0.2) is 24.3 Å². The molecule has 1 saturated heterocycles. The predicted molar refractivity (Wildman–Crippen MR) is 85.9 cm³/mol. The van der Waals surface area contributed by atoms with Crippen LogP contribution in [0.5, 0.6) is 0 Å². The Morgan fingerprint density at radius 1 is 1.48 bits per heavy atom. The SMILES string of the molecule is CC(C)CC(C(N)=O)N1C(=O)CSC1c1ccccc1Cl. The van der Waals surface area contributed by atoms with E-state index in [-0.39, 0.29) is 17.2 Å². The summed E-state index contributed by atoms with van der Waals surface area (Å²) < 4.78 is 0. The fourth-order valence-electron chi connectivity index (χ4n) is 2.50. The van der Waals surface area contributed by atoms with Crippen molar-refractivity contribution in [3.05, 3.63) is 34.9 Å². The predicted octanol–water partition coefficient (Wildman–Crippen LogP) is 2.81. The second kappa shape index (κ2) is 6.71. The lowest BCUT2D eigenvalue weighted by molar-refractivity contribution is -0.137. The molecule has 0 bridgehead atoms. The van der Waals surface area contributed by atoms with Gasteiger partial charge in [-0.15, -0.1) is 11.8 Å². The zero-order valence-electron chi connectivity index (χ0n) is 12.1. The molecule has 6 heteroatoms. The molecule has 4 nitrogen and oxygen atoms in total. The van der Waals surface area contributed by atoms with Crippen LogP contribution in [0.1, 0.15) is 31.2 Å². The summed E-state index contributed by atoms with van der Waals surface area (Å²) in [7, 11) is 0.